The Morgan fingerprint density at radius 2 is 2.27 bits per heavy atom. The third kappa shape index (κ3) is 1.87. The number of carbonyl (C=O) groups excluding carboxylic acids is 1. The first-order valence-corrected chi connectivity index (χ1v) is 5.87. The molecule has 4 heteroatoms. The van der Waals surface area contributed by atoms with Crippen LogP contribution in [0, 0.1) is 0 Å². The van der Waals surface area contributed by atoms with Crippen molar-refractivity contribution < 1.29 is 4.79 Å². The average molecular weight is 222 g/mol. The fourth-order valence-corrected chi connectivity index (χ4v) is 2.62. The first kappa shape index (κ1) is 10.5. The number of benzene rings is 1. The second-order valence-electron chi connectivity index (χ2n) is 3.76. The summed E-state index contributed by atoms with van der Waals surface area (Å²) in [5, 5.41) is 0. The summed E-state index contributed by atoms with van der Waals surface area (Å²) in [5.41, 5.74) is 7.92. The van der Waals surface area contributed by atoms with Crippen molar-refractivity contribution in [2.75, 3.05) is 17.7 Å². The highest BCUT2D eigenvalue weighted by atomic mass is 32.2. The highest BCUT2D eigenvalue weighted by Gasteiger charge is 2.21. The first-order chi connectivity index (χ1) is 7.09. The second-order valence-corrected chi connectivity index (χ2v) is 4.77. The van der Waals surface area contributed by atoms with Crippen LogP contribution in [0.15, 0.2) is 23.1 Å². The van der Waals surface area contributed by atoms with Crippen LogP contribution in [-0.4, -0.2) is 18.7 Å². The molecule has 3 nitrogen and oxygen atoms in total. The molecule has 0 bridgehead atoms. The molecule has 0 radical (unpaired) electrons. The number of rotatable bonds is 1. The van der Waals surface area contributed by atoms with Crippen molar-refractivity contribution >= 4 is 23.4 Å². The van der Waals surface area contributed by atoms with Gasteiger partial charge < -0.3 is 10.6 Å². The van der Waals surface area contributed by atoms with Crippen LogP contribution in [0.5, 0.6) is 0 Å². The largest absolute Gasteiger partial charge is 0.324 e. The van der Waals surface area contributed by atoms with Crippen LogP contribution in [0.3, 0.4) is 0 Å². The zero-order chi connectivity index (χ0) is 11.0. The predicted molar refractivity (Wildman–Crippen MR) is 63.2 cm³/mol. The molecular weight excluding hydrogens is 208 g/mol. The number of nitrogens with zero attached hydrogens (tertiary/aromatic N) is 1. The molecule has 0 spiro atoms. The Morgan fingerprint density at radius 1 is 1.53 bits per heavy atom. The van der Waals surface area contributed by atoms with Gasteiger partial charge in [-0.2, -0.15) is 0 Å². The normalized spacial score (nSPS) is 17.5. The molecule has 1 heterocycles. The minimum atomic E-state index is 0.0406. The maximum absolute atomic E-state index is 11.5. The van der Waals surface area contributed by atoms with Gasteiger partial charge in [0.25, 0.3) is 0 Å². The zero-order valence-electron chi connectivity index (χ0n) is 8.86. The molecule has 15 heavy (non-hydrogen) atoms. The van der Waals surface area contributed by atoms with Crippen LogP contribution >= 0.6 is 11.8 Å². The maximum Gasteiger partial charge on any atom is 0.237 e. The minimum Gasteiger partial charge on any atom is -0.324 e. The third-order valence-electron chi connectivity index (χ3n) is 2.60. The standard InChI is InChI=1S/C11H14N2OS/c1-7(12)8-3-4-9-10(5-8)15-6-11(14)13(9)2/h3-5,7H,6,12H2,1-2H3. The molecule has 0 fully saturated rings. The van der Waals surface area contributed by atoms with Gasteiger partial charge in [0.15, 0.2) is 0 Å². The van der Waals surface area contributed by atoms with Gasteiger partial charge in [-0.1, -0.05) is 6.07 Å². The summed E-state index contributed by atoms with van der Waals surface area (Å²) in [6.45, 7) is 1.96. The van der Waals surface area contributed by atoms with E-state index in [1.165, 1.54) is 0 Å². The number of thioether (sulfide) groups is 1. The molecule has 2 N–H and O–H groups in total. The van der Waals surface area contributed by atoms with Crippen molar-refractivity contribution in [2.24, 2.45) is 5.73 Å². The van der Waals surface area contributed by atoms with E-state index in [0.717, 1.165) is 16.1 Å². The van der Waals surface area contributed by atoms with Gasteiger partial charge in [-0.05, 0) is 24.6 Å². The summed E-state index contributed by atoms with van der Waals surface area (Å²) in [4.78, 5) is 14.3. The van der Waals surface area contributed by atoms with Crippen LogP contribution in [0.2, 0.25) is 0 Å². The summed E-state index contributed by atoms with van der Waals surface area (Å²) in [5.74, 6) is 0.673. The summed E-state index contributed by atoms with van der Waals surface area (Å²) >= 11 is 1.59. The van der Waals surface area contributed by atoms with Gasteiger partial charge in [-0.25, -0.2) is 0 Å². The molecule has 1 aromatic carbocycles. The van der Waals surface area contributed by atoms with Gasteiger partial charge in [0, 0.05) is 18.0 Å². The molecule has 1 unspecified atom stereocenters. The SMILES string of the molecule is CC(N)c1ccc2c(c1)SCC(=O)N2C. The molecule has 2 rings (SSSR count). The number of hydrogen-bond acceptors (Lipinski definition) is 3. The highest BCUT2D eigenvalue weighted by molar-refractivity contribution is 8.00. The molecule has 1 amide bonds. The van der Waals surface area contributed by atoms with Crippen molar-refractivity contribution in [1.29, 1.82) is 0 Å². The zero-order valence-corrected chi connectivity index (χ0v) is 9.67. The number of nitrogens with two attached hydrogens (primary N) is 1. The number of anilines is 1. The molecule has 0 aliphatic carbocycles. The Labute approximate surface area is 93.6 Å². The Bertz CT molecular complexity index is 404. The van der Waals surface area contributed by atoms with Crippen molar-refractivity contribution in [2.45, 2.75) is 17.9 Å². The van der Waals surface area contributed by atoms with E-state index in [0.29, 0.717) is 5.75 Å². The lowest BCUT2D eigenvalue weighted by Crippen LogP contribution is -2.31. The van der Waals surface area contributed by atoms with Gasteiger partial charge in [-0.3, -0.25) is 4.79 Å². The first-order valence-electron chi connectivity index (χ1n) is 4.88. The quantitative estimate of drug-likeness (QED) is 0.787. The van der Waals surface area contributed by atoms with E-state index in [-0.39, 0.29) is 11.9 Å². The summed E-state index contributed by atoms with van der Waals surface area (Å²) in [6, 6.07) is 6.07. The average Bonchev–Trinajstić information content (AvgIpc) is 2.23. The second kappa shape index (κ2) is 3.87. The van der Waals surface area contributed by atoms with E-state index in [1.807, 2.05) is 26.1 Å². The Balaban J connectivity index is 2.42. The lowest BCUT2D eigenvalue weighted by Gasteiger charge is -2.25. The van der Waals surface area contributed by atoms with Gasteiger partial charge in [-0.15, -0.1) is 11.8 Å². The number of fused-ring (bicyclic) bond motifs is 1. The molecule has 1 aliphatic heterocycles. The molecule has 1 atom stereocenters. The topological polar surface area (TPSA) is 46.3 Å². The van der Waals surface area contributed by atoms with Crippen LogP contribution in [-0.2, 0) is 4.79 Å². The predicted octanol–water partition coefficient (Wildman–Crippen LogP) is 1.77. The van der Waals surface area contributed by atoms with Crippen molar-refractivity contribution in [3.05, 3.63) is 23.8 Å². The van der Waals surface area contributed by atoms with Gasteiger partial charge in [0.1, 0.15) is 0 Å². The molecule has 0 saturated heterocycles. The van der Waals surface area contributed by atoms with E-state index < -0.39 is 0 Å². The van der Waals surface area contributed by atoms with Crippen LogP contribution in [0.25, 0.3) is 0 Å². The minimum absolute atomic E-state index is 0.0406. The van der Waals surface area contributed by atoms with E-state index >= 15 is 0 Å². The maximum atomic E-state index is 11.5. The molecular formula is C11H14N2OS. The molecule has 80 valence electrons. The van der Waals surface area contributed by atoms with Gasteiger partial charge >= 0.3 is 0 Å². The molecule has 1 aliphatic rings. The van der Waals surface area contributed by atoms with E-state index in [4.69, 9.17) is 5.73 Å². The van der Waals surface area contributed by atoms with Crippen molar-refractivity contribution in [3.63, 3.8) is 0 Å². The molecule has 1 aromatic rings. The monoisotopic (exact) mass is 222 g/mol. The lowest BCUT2D eigenvalue weighted by molar-refractivity contribution is -0.116. The fraction of sp³-hybridized carbons (Fsp3) is 0.364. The fourth-order valence-electron chi connectivity index (χ4n) is 1.58. The summed E-state index contributed by atoms with van der Waals surface area (Å²) < 4.78 is 0. The van der Waals surface area contributed by atoms with Crippen LogP contribution in [0.1, 0.15) is 18.5 Å². The molecule has 0 saturated carbocycles. The van der Waals surface area contributed by atoms with Crippen molar-refractivity contribution in [1.82, 2.24) is 0 Å². The Morgan fingerprint density at radius 3 is 2.93 bits per heavy atom. The van der Waals surface area contributed by atoms with Gasteiger partial charge in [0.05, 0.1) is 11.4 Å². The summed E-state index contributed by atoms with van der Waals surface area (Å²) in [7, 11) is 1.81. The van der Waals surface area contributed by atoms with Gasteiger partial charge in [0.2, 0.25) is 5.91 Å². The van der Waals surface area contributed by atoms with E-state index in [2.05, 4.69) is 6.07 Å². The lowest BCUT2D eigenvalue weighted by atomic mass is 10.1. The smallest absolute Gasteiger partial charge is 0.237 e. The number of hydrogen-bond donors (Lipinski definition) is 1. The third-order valence-corrected chi connectivity index (χ3v) is 3.63. The van der Waals surface area contributed by atoms with Crippen LogP contribution in [0.4, 0.5) is 5.69 Å². The highest BCUT2D eigenvalue weighted by Crippen LogP contribution is 2.35. The molecule has 0 aromatic heterocycles. The van der Waals surface area contributed by atoms with Crippen molar-refractivity contribution in [3.8, 4) is 0 Å². The van der Waals surface area contributed by atoms with E-state index in [1.54, 1.807) is 16.7 Å². The Kier molecular flexibility index (Phi) is 2.71. The number of amides is 1. The Hall–Kier alpha value is -1.00. The van der Waals surface area contributed by atoms with Crippen LogP contribution < -0.4 is 10.6 Å². The number of carbonyl (C=O) groups is 1. The van der Waals surface area contributed by atoms with E-state index in [9.17, 15) is 4.79 Å². The summed E-state index contributed by atoms with van der Waals surface area (Å²) in [6.07, 6.45) is 0.